The minimum atomic E-state index is -0.777. The first-order chi connectivity index (χ1) is 9.95. The van der Waals surface area contributed by atoms with Crippen molar-refractivity contribution in [1.29, 1.82) is 0 Å². The average Bonchev–Trinajstić information content (AvgIpc) is 2.91. The Morgan fingerprint density at radius 1 is 1.14 bits per heavy atom. The summed E-state index contributed by atoms with van der Waals surface area (Å²) in [5.41, 5.74) is 0. The van der Waals surface area contributed by atoms with Gasteiger partial charge in [-0.15, -0.1) is 0 Å². The second-order valence-electron chi connectivity index (χ2n) is 6.02. The van der Waals surface area contributed by atoms with E-state index >= 15 is 0 Å². The van der Waals surface area contributed by atoms with Gasteiger partial charge in [-0.2, -0.15) is 0 Å². The van der Waals surface area contributed by atoms with E-state index in [2.05, 4.69) is 4.90 Å². The van der Waals surface area contributed by atoms with Crippen molar-refractivity contribution in [1.82, 2.24) is 9.80 Å². The molecule has 1 aliphatic rings. The van der Waals surface area contributed by atoms with Gasteiger partial charge < -0.3 is 19.6 Å². The number of hydrogen-bond acceptors (Lipinski definition) is 4. The van der Waals surface area contributed by atoms with Crippen LogP contribution in [0.5, 0.6) is 0 Å². The Morgan fingerprint density at radius 3 is 2.33 bits per heavy atom. The summed E-state index contributed by atoms with van der Waals surface area (Å²) in [7, 11) is 5.64. The Labute approximate surface area is 127 Å². The van der Waals surface area contributed by atoms with Gasteiger partial charge in [0.05, 0.1) is 12.5 Å². The van der Waals surface area contributed by atoms with Gasteiger partial charge in [0.1, 0.15) is 0 Å². The van der Waals surface area contributed by atoms with Gasteiger partial charge >= 0.3 is 5.97 Å². The zero-order chi connectivity index (χ0) is 15.8. The van der Waals surface area contributed by atoms with Crippen LogP contribution >= 0.6 is 0 Å². The van der Waals surface area contributed by atoms with Gasteiger partial charge in [-0.25, -0.2) is 0 Å². The first-order valence-corrected chi connectivity index (χ1v) is 7.61. The first kappa shape index (κ1) is 17.9. The predicted octanol–water partition coefficient (Wildman–Crippen LogP) is 0.914. The molecule has 1 aliphatic carbocycles. The van der Waals surface area contributed by atoms with Crippen LogP contribution in [-0.4, -0.2) is 74.2 Å². The van der Waals surface area contributed by atoms with Crippen molar-refractivity contribution >= 4 is 11.9 Å². The van der Waals surface area contributed by atoms with Gasteiger partial charge in [0.2, 0.25) is 5.91 Å². The number of amides is 1. The van der Waals surface area contributed by atoms with Crippen LogP contribution in [0, 0.1) is 11.8 Å². The fourth-order valence-electron chi connectivity index (χ4n) is 2.80. The quantitative estimate of drug-likeness (QED) is 0.685. The zero-order valence-electron chi connectivity index (χ0n) is 13.4. The summed E-state index contributed by atoms with van der Waals surface area (Å²) >= 11 is 0. The molecule has 2 atom stereocenters. The summed E-state index contributed by atoms with van der Waals surface area (Å²) in [4.78, 5) is 27.5. The van der Waals surface area contributed by atoms with Gasteiger partial charge in [-0.3, -0.25) is 9.59 Å². The summed E-state index contributed by atoms with van der Waals surface area (Å²) < 4.78 is 5.07. The first-order valence-electron chi connectivity index (χ1n) is 7.61. The molecule has 0 aliphatic heterocycles. The standard InChI is InChI=1S/C15H28N2O4/c1-16(2)7-4-8-17(9-10-21-3)14(18)12-5-6-13(11-12)15(19)20/h12-13H,4-11H2,1-3H3,(H,19,20)/t12-,13+/m1/s1. The molecule has 0 saturated heterocycles. The summed E-state index contributed by atoms with van der Waals surface area (Å²) in [6.45, 7) is 2.73. The Balaban J connectivity index is 2.52. The minimum absolute atomic E-state index is 0.0922. The lowest BCUT2D eigenvalue weighted by atomic mass is 10.0. The van der Waals surface area contributed by atoms with Crippen LogP contribution in [0.2, 0.25) is 0 Å². The molecule has 1 amide bonds. The Bertz CT molecular complexity index is 347. The number of rotatable bonds is 9. The largest absolute Gasteiger partial charge is 0.481 e. The molecule has 122 valence electrons. The molecule has 1 N–H and O–H groups in total. The molecule has 6 heteroatoms. The van der Waals surface area contributed by atoms with E-state index in [0.29, 0.717) is 39.0 Å². The van der Waals surface area contributed by atoms with Crippen molar-refractivity contribution in [3.8, 4) is 0 Å². The van der Waals surface area contributed by atoms with E-state index in [1.165, 1.54) is 0 Å². The van der Waals surface area contributed by atoms with Crippen LogP contribution in [-0.2, 0) is 14.3 Å². The minimum Gasteiger partial charge on any atom is -0.481 e. The number of carbonyl (C=O) groups excluding carboxylic acids is 1. The topological polar surface area (TPSA) is 70.1 Å². The normalized spacial score (nSPS) is 21.7. The maximum Gasteiger partial charge on any atom is 0.306 e. The highest BCUT2D eigenvalue weighted by Gasteiger charge is 2.35. The summed E-state index contributed by atoms with van der Waals surface area (Å²) in [6.07, 6.45) is 2.69. The molecular weight excluding hydrogens is 272 g/mol. The van der Waals surface area contributed by atoms with Gasteiger partial charge in [-0.1, -0.05) is 0 Å². The fraction of sp³-hybridized carbons (Fsp3) is 0.867. The number of carboxylic acid groups (broad SMARTS) is 1. The molecule has 0 heterocycles. The highest BCUT2D eigenvalue weighted by molar-refractivity contribution is 5.81. The van der Waals surface area contributed by atoms with Gasteiger partial charge in [-0.05, 0) is 46.3 Å². The monoisotopic (exact) mass is 300 g/mol. The van der Waals surface area contributed by atoms with E-state index in [-0.39, 0.29) is 17.7 Å². The number of methoxy groups -OCH3 is 1. The molecule has 0 spiro atoms. The smallest absolute Gasteiger partial charge is 0.306 e. The molecule has 0 radical (unpaired) electrons. The number of carboxylic acids is 1. The Hall–Kier alpha value is -1.14. The lowest BCUT2D eigenvalue weighted by Crippen LogP contribution is -2.39. The maximum atomic E-state index is 12.6. The second kappa shape index (κ2) is 9.00. The SMILES string of the molecule is COCCN(CCCN(C)C)C(=O)[C@@H]1CC[C@H](C(=O)O)C1. The molecule has 0 aromatic heterocycles. The van der Waals surface area contributed by atoms with Crippen LogP contribution in [0.1, 0.15) is 25.7 Å². The highest BCUT2D eigenvalue weighted by Crippen LogP contribution is 2.32. The molecular formula is C15H28N2O4. The lowest BCUT2D eigenvalue weighted by Gasteiger charge is -2.26. The van der Waals surface area contributed by atoms with Crippen molar-refractivity contribution < 1.29 is 19.4 Å². The van der Waals surface area contributed by atoms with E-state index in [1.807, 2.05) is 19.0 Å². The van der Waals surface area contributed by atoms with Crippen molar-refractivity contribution in [2.45, 2.75) is 25.7 Å². The summed E-state index contributed by atoms with van der Waals surface area (Å²) in [5.74, 6) is -1.18. The van der Waals surface area contributed by atoms with Crippen molar-refractivity contribution in [2.75, 3.05) is 47.4 Å². The third-order valence-corrected chi connectivity index (χ3v) is 4.04. The molecule has 21 heavy (non-hydrogen) atoms. The summed E-state index contributed by atoms with van der Waals surface area (Å²) in [6, 6.07) is 0. The average molecular weight is 300 g/mol. The Kier molecular flexibility index (Phi) is 7.67. The van der Waals surface area contributed by atoms with E-state index in [9.17, 15) is 9.59 Å². The number of ether oxygens (including phenoxy) is 1. The van der Waals surface area contributed by atoms with E-state index < -0.39 is 5.97 Å². The number of carbonyl (C=O) groups is 2. The molecule has 0 aromatic carbocycles. The van der Waals surface area contributed by atoms with E-state index in [1.54, 1.807) is 7.11 Å². The van der Waals surface area contributed by atoms with Crippen molar-refractivity contribution in [3.63, 3.8) is 0 Å². The van der Waals surface area contributed by atoms with Gasteiger partial charge in [0.25, 0.3) is 0 Å². The molecule has 0 unspecified atom stereocenters. The van der Waals surface area contributed by atoms with Crippen LogP contribution in [0.3, 0.4) is 0 Å². The van der Waals surface area contributed by atoms with E-state index in [0.717, 1.165) is 13.0 Å². The van der Waals surface area contributed by atoms with Crippen LogP contribution in [0.15, 0.2) is 0 Å². The third kappa shape index (κ3) is 6.01. The van der Waals surface area contributed by atoms with Crippen molar-refractivity contribution in [2.24, 2.45) is 11.8 Å². The van der Waals surface area contributed by atoms with Crippen LogP contribution in [0.25, 0.3) is 0 Å². The molecule has 6 nitrogen and oxygen atoms in total. The van der Waals surface area contributed by atoms with Gasteiger partial charge in [0.15, 0.2) is 0 Å². The predicted molar refractivity (Wildman–Crippen MR) is 80.1 cm³/mol. The van der Waals surface area contributed by atoms with E-state index in [4.69, 9.17) is 9.84 Å². The van der Waals surface area contributed by atoms with Crippen LogP contribution in [0.4, 0.5) is 0 Å². The fourth-order valence-corrected chi connectivity index (χ4v) is 2.80. The number of hydrogen-bond donors (Lipinski definition) is 1. The number of aliphatic carboxylic acids is 1. The maximum absolute atomic E-state index is 12.6. The lowest BCUT2D eigenvalue weighted by molar-refractivity contribution is -0.141. The molecule has 1 fully saturated rings. The molecule has 0 aromatic rings. The van der Waals surface area contributed by atoms with Crippen LogP contribution < -0.4 is 0 Å². The third-order valence-electron chi connectivity index (χ3n) is 4.04. The highest BCUT2D eigenvalue weighted by atomic mass is 16.5. The molecule has 0 bridgehead atoms. The zero-order valence-corrected chi connectivity index (χ0v) is 13.4. The second-order valence-corrected chi connectivity index (χ2v) is 6.02. The number of nitrogens with zero attached hydrogens (tertiary/aromatic N) is 2. The molecule has 1 saturated carbocycles. The van der Waals surface area contributed by atoms with Gasteiger partial charge in [0, 0.05) is 26.1 Å². The Morgan fingerprint density at radius 2 is 1.81 bits per heavy atom. The van der Waals surface area contributed by atoms with Crippen molar-refractivity contribution in [3.05, 3.63) is 0 Å². The summed E-state index contributed by atoms with van der Waals surface area (Å²) in [5, 5.41) is 9.04. The molecule has 1 rings (SSSR count).